The van der Waals surface area contributed by atoms with Crippen LogP contribution in [-0.4, -0.2) is 51.3 Å². The van der Waals surface area contributed by atoms with Crippen molar-refractivity contribution >= 4 is 0 Å². The molecule has 2 heterocycles. The Morgan fingerprint density at radius 1 is 1.48 bits per heavy atom. The normalized spacial score (nSPS) is 29.7. The number of aliphatic hydroxyl groups is 1. The molecule has 5 nitrogen and oxygen atoms in total. The molecule has 0 bridgehead atoms. The van der Waals surface area contributed by atoms with Gasteiger partial charge in [-0.1, -0.05) is 13.3 Å². The molecule has 0 spiro atoms. The highest BCUT2D eigenvalue weighted by Gasteiger charge is 2.41. The minimum atomic E-state index is -0.0248. The highest BCUT2D eigenvalue weighted by atomic mass is 16.3. The van der Waals surface area contributed by atoms with Gasteiger partial charge in [-0.05, 0) is 38.3 Å². The van der Waals surface area contributed by atoms with E-state index >= 15 is 0 Å². The first-order valence-electron chi connectivity index (χ1n) is 8.35. The maximum Gasteiger partial charge on any atom is 0.122 e. The summed E-state index contributed by atoms with van der Waals surface area (Å²) >= 11 is 0. The van der Waals surface area contributed by atoms with E-state index in [1.165, 1.54) is 25.1 Å². The van der Waals surface area contributed by atoms with Crippen LogP contribution < -0.4 is 5.32 Å². The van der Waals surface area contributed by atoms with E-state index in [1.807, 2.05) is 6.20 Å². The molecule has 21 heavy (non-hydrogen) atoms. The minimum absolute atomic E-state index is 0.0248. The lowest BCUT2D eigenvalue weighted by Gasteiger charge is -2.36. The van der Waals surface area contributed by atoms with Crippen LogP contribution in [0.15, 0.2) is 12.4 Å². The first-order valence-corrected chi connectivity index (χ1v) is 8.35. The predicted molar refractivity (Wildman–Crippen MR) is 83.0 cm³/mol. The van der Waals surface area contributed by atoms with Crippen molar-refractivity contribution in [3.8, 4) is 0 Å². The fraction of sp³-hybridized carbons (Fsp3) is 0.812. The molecule has 1 fully saturated rings. The van der Waals surface area contributed by atoms with Gasteiger partial charge in [0.1, 0.15) is 5.82 Å². The van der Waals surface area contributed by atoms with Crippen LogP contribution in [0.2, 0.25) is 0 Å². The highest BCUT2D eigenvalue weighted by molar-refractivity contribution is 5.00. The number of rotatable bonds is 6. The number of nitrogens with zero attached hydrogens (tertiary/aromatic N) is 3. The number of hydrogen-bond donors (Lipinski definition) is 2. The first kappa shape index (κ1) is 15.0. The van der Waals surface area contributed by atoms with Crippen LogP contribution in [0.1, 0.15) is 38.4 Å². The molecule has 1 aliphatic carbocycles. The van der Waals surface area contributed by atoms with Gasteiger partial charge in [0, 0.05) is 31.0 Å². The molecule has 1 aliphatic heterocycles. The zero-order chi connectivity index (χ0) is 14.7. The standard InChI is InChI=1S/C16H28N4O/c1-2-18-16(13-21)6-3-4-14(16)5-8-19-10-11-20-9-7-17-15(20)12-19/h7,9,14,18,21H,2-6,8,10-13H2,1H3. The Bertz CT molecular complexity index is 461. The summed E-state index contributed by atoms with van der Waals surface area (Å²) in [5.74, 6) is 1.79. The highest BCUT2D eigenvalue weighted by Crippen LogP contribution is 2.37. The molecule has 2 unspecified atom stereocenters. The van der Waals surface area contributed by atoms with Crippen LogP contribution in [0.3, 0.4) is 0 Å². The molecule has 1 aromatic rings. The van der Waals surface area contributed by atoms with E-state index in [0.717, 1.165) is 39.1 Å². The Hall–Kier alpha value is -0.910. The third-order valence-corrected chi connectivity index (χ3v) is 5.39. The van der Waals surface area contributed by atoms with Gasteiger partial charge in [0.15, 0.2) is 0 Å². The third kappa shape index (κ3) is 3.00. The van der Waals surface area contributed by atoms with Crippen LogP contribution >= 0.6 is 0 Å². The van der Waals surface area contributed by atoms with Gasteiger partial charge in [-0.3, -0.25) is 4.90 Å². The Balaban J connectivity index is 1.55. The van der Waals surface area contributed by atoms with E-state index in [0.29, 0.717) is 5.92 Å². The summed E-state index contributed by atoms with van der Waals surface area (Å²) in [4.78, 5) is 6.94. The van der Waals surface area contributed by atoms with E-state index in [1.54, 1.807) is 0 Å². The van der Waals surface area contributed by atoms with E-state index in [-0.39, 0.29) is 12.1 Å². The number of fused-ring (bicyclic) bond motifs is 1. The Morgan fingerprint density at radius 2 is 2.38 bits per heavy atom. The van der Waals surface area contributed by atoms with Crippen molar-refractivity contribution in [3.05, 3.63) is 18.2 Å². The second-order valence-electron chi connectivity index (χ2n) is 6.54. The van der Waals surface area contributed by atoms with Gasteiger partial charge < -0.3 is 15.0 Å². The maximum absolute atomic E-state index is 9.87. The van der Waals surface area contributed by atoms with Crippen molar-refractivity contribution in [2.75, 3.05) is 26.2 Å². The van der Waals surface area contributed by atoms with E-state index in [4.69, 9.17) is 0 Å². The molecule has 1 saturated carbocycles. The molecule has 1 aromatic heterocycles. The Labute approximate surface area is 127 Å². The molecule has 0 saturated heterocycles. The molecule has 3 rings (SSSR count). The van der Waals surface area contributed by atoms with Gasteiger partial charge in [0.25, 0.3) is 0 Å². The predicted octanol–water partition coefficient (Wildman–Crippen LogP) is 1.23. The van der Waals surface area contributed by atoms with Gasteiger partial charge >= 0.3 is 0 Å². The summed E-state index contributed by atoms with van der Waals surface area (Å²) in [7, 11) is 0. The van der Waals surface area contributed by atoms with Crippen molar-refractivity contribution in [2.45, 2.75) is 51.2 Å². The van der Waals surface area contributed by atoms with Crippen molar-refractivity contribution in [2.24, 2.45) is 5.92 Å². The van der Waals surface area contributed by atoms with Crippen molar-refractivity contribution in [1.82, 2.24) is 19.8 Å². The summed E-state index contributed by atoms with van der Waals surface area (Å²) < 4.78 is 2.25. The van der Waals surface area contributed by atoms with Crippen LogP contribution in [-0.2, 0) is 13.1 Å². The molecular formula is C16H28N4O. The van der Waals surface area contributed by atoms with E-state index < -0.39 is 0 Å². The maximum atomic E-state index is 9.87. The SMILES string of the molecule is CCNC1(CO)CCCC1CCN1CCn2ccnc2C1. The van der Waals surface area contributed by atoms with Crippen molar-refractivity contribution in [3.63, 3.8) is 0 Å². The number of hydrogen-bond acceptors (Lipinski definition) is 4. The lowest BCUT2D eigenvalue weighted by Crippen LogP contribution is -2.52. The molecule has 0 amide bonds. The van der Waals surface area contributed by atoms with Crippen LogP contribution in [0.4, 0.5) is 0 Å². The van der Waals surface area contributed by atoms with Crippen LogP contribution in [0, 0.1) is 5.92 Å². The second kappa shape index (κ2) is 6.46. The zero-order valence-electron chi connectivity index (χ0n) is 13.1. The molecule has 2 aliphatic rings. The molecule has 0 aromatic carbocycles. The largest absolute Gasteiger partial charge is 0.394 e. The van der Waals surface area contributed by atoms with Gasteiger partial charge in [0.05, 0.1) is 13.2 Å². The molecular weight excluding hydrogens is 264 g/mol. The number of aliphatic hydroxyl groups excluding tert-OH is 1. The van der Waals surface area contributed by atoms with Crippen LogP contribution in [0.25, 0.3) is 0 Å². The number of aromatic nitrogens is 2. The Kier molecular flexibility index (Phi) is 4.62. The number of likely N-dealkylation sites (N-methyl/N-ethyl adjacent to an activating group) is 1. The van der Waals surface area contributed by atoms with Gasteiger partial charge in [0.2, 0.25) is 0 Å². The number of nitrogens with one attached hydrogen (secondary N) is 1. The topological polar surface area (TPSA) is 53.3 Å². The fourth-order valence-electron chi connectivity index (χ4n) is 4.17. The molecule has 118 valence electrons. The first-order chi connectivity index (χ1) is 10.3. The second-order valence-corrected chi connectivity index (χ2v) is 6.54. The van der Waals surface area contributed by atoms with Gasteiger partial charge in [-0.15, -0.1) is 0 Å². The molecule has 0 radical (unpaired) electrons. The monoisotopic (exact) mass is 292 g/mol. The van der Waals surface area contributed by atoms with E-state index in [2.05, 4.69) is 32.9 Å². The van der Waals surface area contributed by atoms with E-state index in [9.17, 15) is 5.11 Å². The lowest BCUT2D eigenvalue weighted by molar-refractivity contribution is 0.108. The molecule has 2 N–H and O–H groups in total. The quantitative estimate of drug-likeness (QED) is 0.828. The van der Waals surface area contributed by atoms with Gasteiger partial charge in [-0.2, -0.15) is 0 Å². The number of imidazole rings is 1. The lowest BCUT2D eigenvalue weighted by atomic mass is 9.85. The van der Waals surface area contributed by atoms with Crippen molar-refractivity contribution < 1.29 is 5.11 Å². The van der Waals surface area contributed by atoms with Crippen LogP contribution in [0.5, 0.6) is 0 Å². The summed E-state index contributed by atoms with van der Waals surface area (Å²) in [5, 5.41) is 13.4. The summed E-state index contributed by atoms with van der Waals surface area (Å²) in [6.45, 7) is 7.60. The van der Waals surface area contributed by atoms with Crippen molar-refractivity contribution in [1.29, 1.82) is 0 Å². The zero-order valence-corrected chi connectivity index (χ0v) is 13.1. The summed E-state index contributed by atoms with van der Waals surface area (Å²) in [6.07, 6.45) is 8.75. The molecule has 5 heteroatoms. The average molecular weight is 292 g/mol. The third-order valence-electron chi connectivity index (χ3n) is 5.39. The Morgan fingerprint density at radius 3 is 3.19 bits per heavy atom. The summed E-state index contributed by atoms with van der Waals surface area (Å²) in [6, 6.07) is 0. The minimum Gasteiger partial charge on any atom is -0.394 e. The summed E-state index contributed by atoms with van der Waals surface area (Å²) in [5.41, 5.74) is -0.0248. The smallest absolute Gasteiger partial charge is 0.122 e. The average Bonchev–Trinajstić information content (AvgIpc) is 3.12. The fourth-order valence-corrected chi connectivity index (χ4v) is 4.17. The molecule has 2 atom stereocenters. The van der Waals surface area contributed by atoms with Gasteiger partial charge in [-0.25, -0.2) is 4.98 Å².